The first-order valence-electron chi connectivity index (χ1n) is 4.70. The van der Waals surface area contributed by atoms with Crippen molar-refractivity contribution in [2.24, 2.45) is 0 Å². The van der Waals surface area contributed by atoms with Crippen LogP contribution in [0.5, 0.6) is 0 Å². The van der Waals surface area contributed by atoms with Gasteiger partial charge in [-0.2, -0.15) is 18.4 Å². The van der Waals surface area contributed by atoms with Crippen LogP contribution in [-0.4, -0.2) is 14.8 Å². The Morgan fingerprint density at radius 1 is 1.33 bits per heavy atom. The van der Waals surface area contributed by atoms with E-state index in [9.17, 15) is 13.2 Å². The van der Waals surface area contributed by atoms with Gasteiger partial charge >= 0.3 is 6.18 Å². The highest BCUT2D eigenvalue weighted by molar-refractivity contribution is 5.47. The highest BCUT2D eigenvalue weighted by Gasteiger charge is 2.34. The molecule has 2 N–H and O–H groups in total. The molecule has 0 unspecified atom stereocenters. The standard InChI is InChI=1S/C10H6F3N5/c11-10(12,13)8-3-7(2-1-6(8)4-14)18-5-16-9(15)17-18/h1-3,5H,(H2,15,17). The average Bonchev–Trinajstić information content (AvgIpc) is 2.74. The minimum atomic E-state index is -4.60. The van der Waals surface area contributed by atoms with Crippen molar-refractivity contribution in [2.75, 3.05) is 5.73 Å². The normalized spacial score (nSPS) is 11.2. The number of hydrogen-bond acceptors (Lipinski definition) is 4. The maximum absolute atomic E-state index is 12.7. The second-order valence-electron chi connectivity index (χ2n) is 3.39. The first-order chi connectivity index (χ1) is 8.41. The number of nitriles is 1. The Balaban J connectivity index is 2.57. The van der Waals surface area contributed by atoms with Crippen LogP contribution in [-0.2, 0) is 6.18 Å². The largest absolute Gasteiger partial charge is 0.417 e. The number of anilines is 1. The lowest BCUT2D eigenvalue weighted by Gasteiger charge is -2.10. The lowest BCUT2D eigenvalue weighted by molar-refractivity contribution is -0.137. The van der Waals surface area contributed by atoms with Gasteiger partial charge in [0.15, 0.2) is 0 Å². The van der Waals surface area contributed by atoms with Gasteiger partial charge in [-0.25, -0.2) is 9.67 Å². The molecular formula is C10H6F3N5. The van der Waals surface area contributed by atoms with Crippen molar-refractivity contribution in [3.63, 3.8) is 0 Å². The molecule has 0 aliphatic heterocycles. The number of nitrogens with zero attached hydrogens (tertiary/aromatic N) is 4. The summed E-state index contributed by atoms with van der Waals surface area (Å²) in [5.74, 6) is -0.0482. The van der Waals surface area contributed by atoms with Gasteiger partial charge in [-0.05, 0) is 18.2 Å². The third-order valence-electron chi connectivity index (χ3n) is 2.20. The van der Waals surface area contributed by atoms with Gasteiger partial charge in [-0.1, -0.05) is 0 Å². The summed E-state index contributed by atoms with van der Waals surface area (Å²) in [5, 5.41) is 12.3. The molecule has 0 bridgehead atoms. The quantitative estimate of drug-likeness (QED) is 0.839. The van der Waals surface area contributed by atoms with Crippen LogP contribution >= 0.6 is 0 Å². The molecule has 1 aromatic heterocycles. The zero-order chi connectivity index (χ0) is 13.3. The van der Waals surface area contributed by atoms with E-state index >= 15 is 0 Å². The Labute approximate surface area is 99.3 Å². The molecule has 0 aliphatic rings. The lowest BCUT2D eigenvalue weighted by atomic mass is 10.1. The summed E-state index contributed by atoms with van der Waals surface area (Å²) in [7, 11) is 0. The number of benzene rings is 1. The number of alkyl halides is 3. The van der Waals surface area contributed by atoms with Crippen LogP contribution in [0.25, 0.3) is 5.69 Å². The number of halogens is 3. The highest BCUT2D eigenvalue weighted by Crippen LogP contribution is 2.33. The predicted molar refractivity (Wildman–Crippen MR) is 55.5 cm³/mol. The molecule has 18 heavy (non-hydrogen) atoms. The van der Waals surface area contributed by atoms with Crippen molar-refractivity contribution in [3.05, 3.63) is 35.7 Å². The van der Waals surface area contributed by atoms with Crippen LogP contribution in [0.15, 0.2) is 24.5 Å². The minimum Gasteiger partial charge on any atom is -0.366 e. The van der Waals surface area contributed by atoms with Crippen molar-refractivity contribution in [3.8, 4) is 11.8 Å². The summed E-state index contributed by atoms with van der Waals surface area (Å²) < 4.78 is 39.2. The SMILES string of the molecule is N#Cc1ccc(-n2cnc(N)n2)cc1C(F)(F)F. The molecule has 0 aliphatic carbocycles. The molecular weight excluding hydrogens is 247 g/mol. The summed E-state index contributed by atoms with van der Waals surface area (Å²) in [6.07, 6.45) is -3.41. The first-order valence-corrected chi connectivity index (χ1v) is 4.70. The van der Waals surface area contributed by atoms with E-state index < -0.39 is 17.3 Å². The number of hydrogen-bond donors (Lipinski definition) is 1. The zero-order valence-corrected chi connectivity index (χ0v) is 8.81. The molecule has 2 rings (SSSR count). The molecule has 0 radical (unpaired) electrons. The van der Waals surface area contributed by atoms with Crippen LogP contribution in [0.4, 0.5) is 19.1 Å². The van der Waals surface area contributed by atoms with Crippen LogP contribution in [0, 0.1) is 11.3 Å². The summed E-state index contributed by atoms with van der Waals surface area (Å²) in [6.45, 7) is 0. The van der Waals surface area contributed by atoms with E-state index in [1.165, 1.54) is 18.5 Å². The van der Waals surface area contributed by atoms with Crippen LogP contribution in [0.1, 0.15) is 11.1 Å². The Hall–Kier alpha value is -2.56. The van der Waals surface area contributed by atoms with E-state index in [0.717, 1.165) is 16.8 Å². The molecule has 92 valence electrons. The molecule has 0 saturated heterocycles. The molecule has 1 heterocycles. The molecule has 1 aromatic carbocycles. The smallest absolute Gasteiger partial charge is 0.366 e. The van der Waals surface area contributed by atoms with Gasteiger partial charge in [0.2, 0.25) is 5.95 Å². The van der Waals surface area contributed by atoms with Crippen LogP contribution in [0.2, 0.25) is 0 Å². The molecule has 0 fully saturated rings. The molecule has 5 nitrogen and oxygen atoms in total. The molecule has 0 spiro atoms. The predicted octanol–water partition coefficient (Wildman–Crippen LogP) is 1.74. The minimum absolute atomic E-state index is 0.0482. The number of aromatic nitrogens is 3. The molecule has 0 atom stereocenters. The van der Waals surface area contributed by atoms with Gasteiger partial charge in [0.25, 0.3) is 0 Å². The summed E-state index contributed by atoms with van der Waals surface area (Å²) in [4.78, 5) is 3.61. The number of rotatable bonds is 1. The Morgan fingerprint density at radius 2 is 2.06 bits per heavy atom. The van der Waals surface area contributed by atoms with Gasteiger partial charge in [-0.3, -0.25) is 0 Å². The number of nitrogens with two attached hydrogens (primary N) is 1. The van der Waals surface area contributed by atoms with Crippen molar-refractivity contribution in [1.29, 1.82) is 5.26 Å². The first kappa shape index (κ1) is 11.9. The van der Waals surface area contributed by atoms with Crippen molar-refractivity contribution >= 4 is 5.95 Å². The zero-order valence-electron chi connectivity index (χ0n) is 8.81. The summed E-state index contributed by atoms with van der Waals surface area (Å²) in [6, 6.07) is 4.74. The Bertz CT molecular complexity index is 623. The van der Waals surface area contributed by atoms with E-state index in [0.29, 0.717) is 0 Å². The van der Waals surface area contributed by atoms with E-state index in [4.69, 9.17) is 11.0 Å². The van der Waals surface area contributed by atoms with Gasteiger partial charge in [0, 0.05) is 0 Å². The van der Waals surface area contributed by atoms with Gasteiger partial charge in [0.1, 0.15) is 6.33 Å². The lowest BCUT2D eigenvalue weighted by Crippen LogP contribution is -2.09. The number of nitrogen functional groups attached to an aromatic ring is 1. The fraction of sp³-hybridized carbons (Fsp3) is 0.100. The van der Waals surface area contributed by atoms with Gasteiger partial charge < -0.3 is 5.73 Å². The maximum Gasteiger partial charge on any atom is 0.417 e. The van der Waals surface area contributed by atoms with Crippen LogP contribution in [0.3, 0.4) is 0 Å². The van der Waals surface area contributed by atoms with E-state index in [1.807, 2.05) is 0 Å². The third kappa shape index (κ3) is 2.10. The highest BCUT2D eigenvalue weighted by atomic mass is 19.4. The Morgan fingerprint density at radius 3 is 2.56 bits per heavy atom. The molecule has 0 saturated carbocycles. The van der Waals surface area contributed by atoms with Crippen LogP contribution < -0.4 is 5.73 Å². The summed E-state index contributed by atoms with van der Waals surface area (Å²) in [5.41, 5.74) is 3.95. The average molecular weight is 253 g/mol. The molecule has 8 heteroatoms. The van der Waals surface area contributed by atoms with E-state index in [1.54, 1.807) is 0 Å². The third-order valence-corrected chi connectivity index (χ3v) is 2.20. The monoisotopic (exact) mass is 253 g/mol. The summed E-state index contributed by atoms with van der Waals surface area (Å²) >= 11 is 0. The fourth-order valence-corrected chi connectivity index (χ4v) is 1.41. The van der Waals surface area contributed by atoms with E-state index in [2.05, 4.69) is 10.1 Å². The van der Waals surface area contributed by atoms with Crippen molar-refractivity contribution < 1.29 is 13.2 Å². The second-order valence-corrected chi connectivity index (χ2v) is 3.39. The second kappa shape index (κ2) is 4.03. The van der Waals surface area contributed by atoms with Crippen molar-refractivity contribution in [1.82, 2.24) is 14.8 Å². The topological polar surface area (TPSA) is 80.5 Å². The van der Waals surface area contributed by atoms with Crippen molar-refractivity contribution in [2.45, 2.75) is 6.18 Å². The van der Waals surface area contributed by atoms with Gasteiger partial charge in [0.05, 0.1) is 22.9 Å². The Kier molecular flexibility index (Phi) is 2.67. The molecule has 0 amide bonds. The maximum atomic E-state index is 12.7. The van der Waals surface area contributed by atoms with E-state index in [-0.39, 0.29) is 11.6 Å². The molecule has 2 aromatic rings. The fourth-order valence-electron chi connectivity index (χ4n) is 1.41. The van der Waals surface area contributed by atoms with Gasteiger partial charge in [-0.15, -0.1) is 5.10 Å².